The molecule has 3 heteroatoms. The zero-order chi connectivity index (χ0) is 9.84. The van der Waals surface area contributed by atoms with Crippen molar-refractivity contribution in [3.05, 3.63) is 34.3 Å². The number of benzene rings is 1. The van der Waals surface area contributed by atoms with E-state index in [0.717, 1.165) is 0 Å². The van der Waals surface area contributed by atoms with Crippen molar-refractivity contribution in [2.45, 2.75) is 13.3 Å². The van der Waals surface area contributed by atoms with Crippen LogP contribution in [0.2, 0.25) is 5.02 Å². The van der Waals surface area contributed by atoms with Crippen molar-refractivity contribution < 1.29 is 4.79 Å². The summed E-state index contributed by atoms with van der Waals surface area (Å²) in [4.78, 5) is 11.3. The summed E-state index contributed by atoms with van der Waals surface area (Å²) in [7, 11) is 0. The Morgan fingerprint density at radius 2 is 2.31 bits per heavy atom. The number of hydrogen-bond acceptors (Lipinski definition) is 2. The highest BCUT2D eigenvalue weighted by molar-refractivity contribution is 6.31. The number of Topliss-reactive ketones (excluding diaryl/α,β-unsaturated/α-hetero) is 1. The molecule has 66 valence electrons. The Balaban J connectivity index is 3.25. The highest BCUT2D eigenvalue weighted by atomic mass is 35.5. The first-order valence-corrected chi connectivity index (χ1v) is 4.29. The van der Waals surface area contributed by atoms with Crippen molar-refractivity contribution in [2.75, 3.05) is 0 Å². The fraction of sp³-hybridized carbons (Fsp3) is 0.200. The van der Waals surface area contributed by atoms with Gasteiger partial charge in [-0.3, -0.25) is 4.79 Å². The maximum Gasteiger partial charge on any atom is 0.163 e. The van der Waals surface area contributed by atoms with E-state index in [1.807, 2.05) is 6.07 Å². The van der Waals surface area contributed by atoms with Gasteiger partial charge in [0.2, 0.25) is 0 Å². The molecule has 0 radical (unpaired) electrons. The number of hydrogen-bond donors (Lipinski definition) is 0. The molecule has 0 aromatic heterocycles. The zero-order valence-corrected chi connectivity index (χ0v) is 7.93. The van der Waals surface area contributed by atoms with Gasteiger partial charge in [-0.05, 0) is 18.2 Å². The topological polar surface area (TPSA) is 40.9 Å². The summed E-state index contributed by atoms with van der Waals surface area (Å²) in [5.74, 6) is -0.0564. The van der Waals surface area contributed by atoms with Crippen LogP contribution in [0.1, 0.15) is 29.3 Å². The molecular formula is C10H8ClNO. The molecule has 0 aliphatic rings. The number of halogens is 1. The van der Waals surface area contributed by atoms with E-state index in [4.69, 9.17) is 16.9 Å². The molecule has 0 saturated heterocycles. The summed E-state index contributed by atoms with van der Waals surface area (Å²) in [6.45, 7) is 1.75. The van der Waals surface area contributed by atoms with Gasteiger partial charge in [-0.25, -0.2) is 0 Å². The van der Waals surface area contributed by atoms with Crippen LogP contribution in [0.25, 0.3) is 0 Å². The summed E-state index contributed by atoms with van der Waals surface area (Å²) < 4.78 is 0. The third-order valence-corrected chi connectivity index (χ3v) is 1.96. The molecule has 0 unspecified atom stereocenters. The Hall–Kier alpha value is -1.33. The average Bonchev–Trinajstić information content (AvgIpc) is 2.16. The SMILES string of the molecule is CCC(=O)c1cc(Cl)ccc1C#N. The minimum Gasteiger partial charge on any atom is -0.294 e. The largest absolute Gasteiger partial charge is 0.294 e. The second kappa shape index (κ2) is 4.06. The van der Waals surface area contributed by atoms with Gasteiger partial charge in [-0.1, -0.05) is 18.5 Å². The molecule has 0 aliphatic carbocycles. The quantitative estimate of drug-likeness (QED) is 0.678. The van der Waals surface area contributed by atoms with Crippen molar-refractivity contribution in [3.8, 4) is 6.07 Å². The van der Waals surface area contributed by atoms with Gasteiger partial charge in [0.25, 0.3) is 0 Å². The molecule has 0 spiro atoms. The van der Waals surface area contributed by atoms with Gasteiger partial charge in [-0.2, -0.15) is 5.26 Å². The van der Waals surface area contributed by atoms with Crippen LogP contribution in [0, 0.1) is 11.3 Å². The first-order valence-electron chi connectivity index (χ1n) is 3.92. The van der Waals surface area contributed by atoms with Crippen LogP contribution < -0.4 is 0 Å². The Morgan fingerprint density at radius 1 is 1.62 bits per heavy atom. The first kappa shape index (κ1) is 9.76. The van der Waals surface area contributed by atoms with Crippen LogP contribution in [0.4, 0.5) is 0 Å². The van der Waals surface area contributed by atoms with Crippen LogP contribution in [0.5, 0.6) is 0 Å². The van der Waals surface area contributed by atoms with Gasteiger partial charge >= 0.3 is 0 Å². The van der Waals surface area contributed by atoms with Crippen LogP contribution in [-0.4, -0.2) is 5.78 Å². The molecule has 0 fully saturated rings. The molecular weight excluding hydrogens is 186 g/mol. The fourth-order valence-electron chi connectivity index (χ4n) is 1.04. The first-order chi connectivity index (χ1) is 6.19. The summed E-state index contributed by atoms with van der Waals surface area (Å²) in [6.07, 6.45) is 0.384. The molecule has 0 atom stereocenters. The Bertz CT molecular complexity index is 379. The number of nitriles is 1. The van der Waals surface area contributed by atoms with Gasteiger partial charge in [0.05, 0.1) is 11.6 Å². The number of carbonyl (C=O) groups excluding carboxylic acids is 1. The summed E-state index contributed by atoms with van der Waals surface area (Å²) in [5, 5.41) is 9.19. The second-order valence-corrected chi connectivity index (χ2v) is 3.01. The van der Waals surface area contributed by atoms with E-state index in [1.165, 1.54) is 6.07 Å². The predicted octanol–water partition coefficient (Wildman–Crippen LogP) is 2.80. The molecule has 0 saturated carbocycles. The van der Waals surface area contributed by atoms with Crippen LogP contribution in [0.3, 0.4) is 0 Å². The van der Waals surface area contributed by atoms with Crippen LogP contribution in [0.15, 0.2) is 18.2 Å². The molecule has 0 bridgehead atoms. The van der Waals surface area contributed by atoms with E-state index in [0.29, 0.717) is 22.6 Å². The normalized spacial score (nSPS) is 9.31. The Labute approximate surface area is 81.7 Å². The number of rotatable bonds is 2. The van der Waals surface area contributed by atoms with E-state index < -0.39 is 0 Å². The van der Waals surface area contributed by atoms with E-state index in [-0.39, 0.29) is 5.78 Å². The van der Waals surface area contributed by atoms with Crippen LogP contribution in [-0.2, 0) is 0 Å². The van der Waals surface area contributed by atoms with Crippen molar-refractivity contribution in [2.24, 2.45) is 0 Å². The van der Waals surface area contributed by atoms with Gasteiger partial charge in [0.15, 0.2) is 5.78 Å². The molecule has 2 nitrogen and oxygen atoms in total. The molecule has 1 aromatic rings. The van der Waals surface area contributed by atoms with Gasteiger partial charge in [-0.15, -0.1) is 0 Å². The van der Waals surface area contributed by atoms with E-state index >= 15 is 0 Å². The molecule has 1 aromatic carbocycles. The van der Waals surface area contributed by atoms with Crippen molar-refractivity contribution in [1.82, 2.24) is 0 Å². The average molecular weight is 194 g/mol. The molecule has 0 aliphatic heterocycles. The minimum atomic E-state index is -0.0564. The van der Waals surface area contributed by atoms with Crippen molar-refractivity contribution in [1.29, 1.82) is 5.26 Å². The number of nitrogens with zero attached hydrogens (tertiary/aromatic N) is 1. The lowest BCUT2D eigenvalue weighted by Crippen LogP contribution is -1.99. The maximum absolute atomic E-state index is 11.3. The van der Waals surface area contributed by atoms with E-state index in [9.17, 15) is 4.79 Å². The highest BCUT2D eigenvalue weighted by Gasteiger charge is 2.09. The van der Waals surface area contributed by atoms with Crippen LogP contribution >= 0.6 is 11.6 Å². The third-order valence-electron chi connectivity index (χ3n) is 1.72. The second-order valence-electron chi connectivity index (χ2n) is 2.58. The highest BCUT2D eigenvalue weighted by Crippen LogP contribution is 2.16. The molecule has 0 amide bonds. The summed E-state index contributed by atoms with van der Waals surface area (Å²) in [6, 6.07) is 6.66. The van der Waals surface area contributed by atoms with E-state index in [2.05, 4.69) is 0 Å². The van der Waals surface area contributed by atoms with Crippen molar-refractivity contribution in [3.63, 3.8) is 0 Å². The third kappa shape index (κ3) is 2.07. The zero-order valence-electron chi connectivity index (χ0n) is 7.17. The summed E-state index contributed by atoms with van der Waals surface area (Å²) in [5.41, 5.74) is 0.800. The lowest BCUT2D eigenvalue weighted by Gasteiger charge is -2.00. The standard InChI is InChI=1S/C10H8ClNO/c1-2-10(13)9-5-8(11)4-3-7(9)6-12/h3-5H,2H2,1H3. The minimum absolute atomic E-state index is 0.0564. The van der Waals surface area contributed by atoms with Gasteiger partial charge in [0.1, 0.15) is 0 Å². The smallest absolute Gasteiger partial charge is 0.163 e. The predicted molar refractivity (Wildman–Crippen MR) is 50.8 cm³/mol. The number of carbonyl (C=O) groups is 1. The summed E-state index contributed by atoms with van der Waals surface area (Å²) >= 11 is 5.71. The Morgan fingerprint density at radius 3 is 2.85 bits per heavy atom. The maximum atomic E-state index is 11.3. The van der Waals surface area contributed by atoms with Gasteiger partial charge < -0.3 is 0 Å². The molecule has 13 heavy (non-hydrogen) atoms. The lowest BCUT2D eigenvalue weighted by atomic mass is 10.0. The monoisotopic (exact) mass is 193 g/mol. The number of ketones is 1. The molecule has 0 N–H and O–H groups in total. The van der Waals surface area contributed by atoms with Gasteiger partial charge in [0, 0.05) is 17.0 Å². The molecule has 0 heterocycles. The Kier molecular flexibility index (Phi) is 3.05. The van der Waals surface area contributed by atoms with Crippen molar-refractivity contribution >= 4 is 17.4 Å². The molecule has 1 rings (SSSR count). The fourth-order valence-corrected chi connectivity index (χ4v) is 1.21. The van der Waals surface area contributed by atoms with E-state index in [1.54, 1.807) is 19.1 Å². The lowest BCUT2D eigenvalue weighted by molar-refractivity contribution is 0.0988.